The van der Waals surface area contributed by atoms with Gasteiger partial charge >= 0.3 is 0 Å². The summed E-state index contributed by atoms with van der Waals surface area (Å²) in [6.07, 6.45) is 5.74. The Morgan fingerprint density at radius 2 is 2.25 bits per heavy atom. The van der Waals surface area contributed by atoms with Crippen LogP contribution in [-0.4, -0.2) is 36.7 Å². The van der Waals surface area contributed by atoms with E-state index in [0.29, 0.717) is 12.6 Å². The fraction of sp³-hybridized carbons (Fsp3) is 0.400. The average Bonchev–Trinajstić information content (AvgIpc) is 2.45. The first-order valence-corrected chi connectivity index (χ1v) is 7.31. The van der Waals surface area contributed by atoms with Crippen LogP contribution in [0, 0.1) is 12.3 Å². The molecule has 106 valence electrons. The molecule has 0 spiro atoms. The minimum absolute atomic E-state index is 0.162. The van der Waals surface area contributed by atoms with Gasteiger partial charge in [0.25, 0.3) is 0 Å². The lowest BCUT2D eigenvalue weighted by molar-refractivity contribution is 0.00526. The molecular weight excluding hydrogens is 318 g/mol. The highest BCUT2D eigenvalue weighted by molar-refractivity contribution is 9.10. The van der Waals surface area contributed by atoms with Crippen molar-refractivity contribution in [1.29, 1.82) is 0 Å². The van der Waals surface area contributed by atoms with Crippen LogP contribution < -0.4 is 5.73 Å². The van der Waals surface area contributed by atoms with Crippen LogP contribution in [0.4, 0.5) is 0 Å². The summed E-state index contributed by atoms with van der Waals surface area (Å²) < 4.78 is 6.50. The van der Waals surface area contributed by atoms with Gasteiger partial charge in [-0.25, -0.2) is 4.99 Å². The maximum Gasteiger partial charge on any atom is 0.193 e. The van der Waals surface area contributed by atoms with Crippen molar-refractivity contribution >= 4 is 21.9 Å². The van der Waals surface area contributed by atoms with Gasteiger partial charge in [-0.05, 0) is 24.6 Å². The van der Waals surface area contributed by atoms with Gasteiger partial charge in [-0.2, -0.15) is 0 Å². The predicted octanol–water partition coefficient (Wildman–Crippen LogP) is 2.16. The number of benzene rings is 1. The summed E-state index contributed by atoms with van der Waals surface area (Å²) in [6.45, 7) is 4.17. The van der Waals surface area contributed by atoms with Crippen LogP contribution in [-0.2, 0) is 4.74 Å². The zero-order chi connectivity index (χ0) is 14.5. The summed E-state index contributed by atoms with van der Waals surface area (Å²) in [4.78, 5) is 6.48. The number of rotatable bonds is 2. The fourth-order valence-corrected chi connectivity index (χ4v) is 2.36. The summed E-state index contributed by atoms with van der Waals surface area (Å²) in [7, 11) is 0. The Bertz CT molecular complexity index is 521. The van der Waals surface area contributed by atoms with Gasteiger partial charge in [0.2, 0.25) is 0 Å². The van der Waals surface area contributed by atoms with Crippen molar-refractivity contribution in [3.05, 3.63) is 34.3 Å². The number of terminal acetylenes is 1. The quantitative estimate of drug-likeness (QED) is 0.512. The lowest BCUT2D eigenvalue weighted by atomic mass is 10.1. The first kappa shape index (κ1) is 14.9. The van der Waals surface area contributed by atoms with E-state index in [0.717, 1.165) is 23.1 Å². The lowest BCUT2D eigenvalue weighted by Gasteiger charge is -2.32. The van der Waals surface area contributed by atoms with E-state index in [2.05, 4.69) is 26.8 Å². The molecule has 1 aliphatic rings. The van der Waals surface area contributed by atoms with Gasteiger partial charge in [-0.15, -0.1) is 6.42 Å². The number of nitrogens with two attached hydrogens (primary N) is 1. The van der Waals surface area contributed by atoms with Gasteiger partial charge in [0.1, 0.15) is 6.04 Å². The number of guanidine groups is 1. The van der Waals surface area contributed by atoms with Crippen LogP contribution in [0.25, 0.3) is 0 Å². The summed E-state index contributed by atoms with van der Waals surface area (Å²) in [5.41, 5.74) is 7.03. The maximum absolute atomic E-state index is 6.07. The van der Waals surface area contributed by atoms with Crippen molar-refractivity contribution in [2.24, 2.45) is 10.7 Å². The van der Waals surface area contributed by atoms with Crippen LogP contribution in [0.1, 0.15) is 18.5 Å². The maximum atomic E-state index is 6.07. The number of halogens is 1. The normalized spacial score (nSPS) is 21.4. The minimum atomic E-state index is -0.360. The highest BCUT2D eigenvalue weighted by Gasteiger charge is 2.19. The Labute approximate surface area is 128 Å². The van der Waals surface area contributed by atoms with E-state index in [-0.39, 0.29) is 12.1 Å². The van der Waals surface area contributed by atoms with Gasteiger partial charge in [0.15, 0.2) is 5.96 Å². The summed E-state index contributed by atoms with van der Waals surface area (Å²) in [5, 5.41) is 0. The van der Waals surface area contributed by atoms with Crippen molar-refractivity contribution < 1.29 is 4.74 Å². The third-order valence-corrected chi connectivity index (χ3v) is 3.70. The first-order valence-electron chi connectivity index (χ1n) is 6.51. The highest BCUT2D eigenvalue weighted by atomic mass is 79.9. The number of aliphatic imine (C=N–C) groups is 1. The molecule has 4 nitrogen and oxygen atoms in total. The second-order valence-electron chi connectivity index (χ2n) is 4.74. The van der Waals surface area contributed by atoms with Crippen molar-refractivity contribution in [2.45, 2.75) is 19.1 Å². The molecular formula is C15H18BrN3O. The summed E-state index contributed by atoms with van der Waals surface area (Å²) in [5.74, 6) is 3.16. The van der Waals surface area contributed by atoms with Crippen molar-refractivity contribution in [3.63, 3.8) is 0 Å². The standard InChI is InChI=1S/C15H18BrN3O/c1-3-14(12-4-6-13(16)7-5-12)18-15(17)19-8-9-20-11(2)10-19/h1,4-7,11,14H,8-10H2,2H3,(H2,17,18). The van der Waals surface area contributed by atoms with Crippen LogP contribution in [0.5, 0.6) is 0 Å². The molecule has 20 heavy (non-hydrogen) atoms. The van der Waals surface area contributed by atoms with E-state index in [1.54, 1.807) is 0 Å². The molecule has 2 rings (SSSR count). The zero-order valence-electron chi connectivity index (χ0n) is 11.4. The van der Waals surface area contributed by atoms with Crippen LogP contribution in [0.15, 0.2) is 33.7 Å². The second-order valence-corrected chi connectivity index (χ2v) is 5.65. The molecule has 1 heterocycles. The summed E-state index contributed by atoms with van der Waals surface area (Å²) in [6, 6.07) is 7.44. The third-order valence-electron chi connectivity index (χ3n) is 3.17. The molecule has 1 aliphatic heterocycles. The molecule has 0 aliphatic carbocycles. The topological polar surface area (TPSA) is 50.8 Å². The monoisotopic (exact) mass is 335 g/mol. The minimum Gasteiger partial charge on any atom is -0.375 e. The smallest absolute Gasteiger partial charge is 0.193 e. The molecule has 2 N–H and O–H groups in total. The lowest BCUT2D eigenvalue weighted by Crippen LogP contribution is -2.48. The number of hydrogen-bond acceptors (Lipinski definition) is 2. The second kappa shape index (κ2) is 6.78. The van der Waals surface area contributed by atoms with Crippen molar-refractivity contribution in [3.8, 4) is 12.3 Å². The average molecular weight is 336 g/mol. The molecule has 0 aromatic heterocycles. The first-order chi connectivity index (χ1) is 9.60. The molecule has 1 fully saturated rings. The molecule has 0 saturated carbocycles. The third kappa shape index (κ3) is 3.75. The fourth-order valence-electron chi connectivity index (χ4n) is 2.09. The van der Waals surface area contributed by atoms with E-state index in [9.17, 15) is 0 Å². The molecule has 0 bridgehead atoms. The predicted molar refractivity (Wildman–Crippen MR) is 84.3 cm³/mol. The van der Waals surface area contributed by atoms with Crippen LogP contribution in [0.3, 0.4) is 0 Å². The number of nitrogens with zero attached hydrogens (tertiary/aromatic N) is 2. The van der Waals surface area contributed by atoms with E-state index in [1.165, 1.54) is 0 Å². The Balaban J connectivity index is 2.13. The van der Waals surface area contributed by atoms with Crippen molar-refractivity contribution in [2.75, 3.05) is 19.7 Å². The molecule has 0 radical (unpaired) electrons. The molecule has 5 heteroatoms. The van der Waals surface area contributed by atoms with Crippen molar-refractivity contribution in [1.82, 2.24) is 4.90 Å². The largest absolute Gasteiger partial charge is 0.375 e. The van der Waals surface area contributed by atoms with E-state index < -0.39 is 0 Å². The SMILES string of the molecule is C#CC(N=C(N)N1CCOC(C)C1)c1ccc(Br)cc1. The number of morpholine rings is 1. The van der Waals surface area contributed by atoms with Gasteiger partial charge in [-0.3, -0.25) is 0 Å². The van der Waals surface area contributed by atoms with Crippen LogP contribution >= 0.6 is 15.9 Å². The summed E-state index contributed by atoms with van der Waals surface area (Å²) >= 11 is 3.40. The molecule has 1 aromatic carbocycles. The van der Waals surface area contributed by atoms with Gasteiger partial charge in [-0.1, -0.05) is 34.0 Å². The number of ether oxygens (including phenoxy) is 1. The Kier molecular flexibility index (Phi) is 5.05. The van der Waals surface area contributed by atoms with E-state index >= 15 is 0 Å². The van der Waals surface area contributed by atoms with Gasteiger partial charge in [0, 0.05) is 17.6 Å². The van der Waals surface area contributed by atoms with E-state index in [4.69, 9.17) is 16.9 Å². The Morgan fingerprint density at radius 3 is 2.85 bits per heavy atom. The molecule has 0 amide bonds. The van der Waals surface area contributed by atoms with Crippen LogP contribution in [0.2, 0.25) is 0 Å². The Morgan fingerprint density at radius 1 is 1.55 bits per heavy atom. The highest BCUT2D eigenvalue weighted by Crippen LogP contribution is 2.20. The zero-order valence-corrected chi connectivity index (χ0v) is 13.0. The van der Waals surface area contributed by atoms with E-state index in [1.807, 2.05) is 36.1 Å². The van der Waals surface area contributed by atoms with Gasteiger partial charge < -0.3 is 15.4 Å². The molecule has 2 unspecified atom stereocenters. The van der Waals surface area contributed by atoms with Gasteiger partial charge in [0.05, 0.1) is 12.7 Å². The molecule has 2 atom stereocenters. The molecule has 1 aromatic rings. The molecule has 1 saturated heterocycles. The number of hydrogen-bond donors (Lipinski definition) is 1. The Hall–Kier alpha value is -1.51.